The Balaban J connectivity index is 2.10. The zero-order valence-corrected chi connectivity index (χ0v) is 14.2. The third-order valence-electron chi connectivity index (χ3n) is 3.63. The highest BCUT2D eigenvalue weighted by atomic mass is 79.9. The first-order valence-electron chi connectivity index (χ1n) is 6.72. The lowest BCUT2D eigenvalue weighted by atomic mass is 9.99. The van der Waals surface area contributed by atoms with Gasteiger partial charge in [-0.3, -0.25) is 0 Å². The van der Waals surface area contributed by atoms with Gasteiger partial charge in [-0.2, -0.15) is 0 Å². The average Bonchev–Trinajstić information content (AvgIpc) is 2.41. The van der Waals surface area contributed by atoms with Crippen molar-refractivity contribution in [3.63, 3.8) is 0 Å². The molecule has 3 N–H and O–H groups in total. The molecule has 1 aromatic carbocycles. The van der Waals surface area contributed by atoms with Gasteiger partial charge in [0.15, 0.2) is 0 Å². The Kier molecular flexibility index (Phi) is 5.24. The second kappa shape index (κ2) is 6.60. The number of sulfonamides is 1. The summed E-state index contributed by atoms with van der Waals surface area (Å²) < 4.78 is 40.6. The summed E-state index contributed by atoms with van der Waals surface area (Å²) in [6.45, 7) is 2.27. The molecule has 1 saturated heterocycles. The van der Waals surface area contributed by atoms with Crippen molar-refractivity contribution in [2.75, 3.05) is 32.4 Å². The van der Waals surface area contributed by atoms with Gasteiger partial charge in [-0.05, 0) is 60.4 Å². The molecule has 0 aromatic heterocycles. The first-order valence-corrected chi connectivity index (χ1v) is 9.00. The highest BCUT2D eigenvalue weighted by Crippen LogP contribution is 2.26. The molecule has 1 atom stereocenters. The van der Waals surface area contributed by atoms with Gasteiger partial charge in [-0.1, -0.05) is 0 Å². The zero-order valence-electron chi connectivity index (χ0n) is 11.8. The maximum absolute atomic E-state index is 13.3. The zero-order chi connectivity index (χ0) is 15.6. The van der Waals surface area contributed by atoms with Crippen molar-refractivity contribution in [3.05, 3.63) is 22.4 Å². The van der Waals surface area contributed by atoms with Crippen LogP contribution in [-0.4, -0.2) is 40.0 Å². The Morgan fingerprint density at radius 1 is 1.52 bits per heavy atom. The molecular weight excluding hydrogens is 361 g/mol. The lowest BCUT2D eigenvalue weighted by Gasteiger charge is -2.29. The number of rotatable bonds is 4. The molecule has 0 bridgehead atoms. The van der Waals surface area contributed by atoms with Crippen molar-refractivity contribution in [3.8, 4) is 0 Å². The summed E-state index contributed by atoms with van der Waals surface area (Å²) in [6.07, 6.45) is 2.06. The number of likely N-dealkylation sites (tertiary alicyclic amines) is 1. The van der Waals surface area contributed by atoms with E-state index in [4.69, 9.17) is 5.73 Å². The predicted octanol–water partition coefficient (Wildman–Crippen LogP) is 1.79. The molecule has 1 aliphatic rings. The number of anilines is 1. The van der Waals surface area contributed by atoms with Gasteiger partial charge in [0.2, 0.25) is 10.0 Å². The van der Waals surface area contributed by atoms with E-state index in [0.29, 0.717) is 6.54 Å². The van der Waals surface area contributed by atoms with Crippen molar-refractivity contribution < 1.29 is 12.8 Å². The number of halogens is 2. The fraction of sp³-hybridized carbons (Fsp3) is 0.538. The quantitative estimate of drug-likeness (QED) is 0.781. The van der Waals surface area contributed by atoms with Gasteiger partial charge in [0.25, 0.3) is 0 Å². The molecule has 0 saturated carbocycles. The molecule has 2 rings (SSSR count). The number of piperidine rings is 1. The second-order valence-corrected chi connectivity index (χ2v) is 8.02. The number of benzene rings is 1. The number of nitrogens with one attached hydrogen (secondary N) is 1. The van der Waals surface area contributed by atoms with E-state index < -0.39 is 15.8 Å². The first-order chi connectivity index (χ1) is 9.79. The van der Waals surface area contributed by atoms with Crippen LogP contribution in [-0.2, 0) is 10.0 Å². The molecule has 1 heterocycles. The SMILES string of the molecule is CN1CCCC(CNS(=O)(=O)c2cc(Br)c(F)cc2N)C1. The summed E-state index contributed by atoms with van der Waals surface area (Å²) in [5.41, 5.74) is 5.53. The molecule has 0 aliphatic carbocycles. The minimum absolute atomic E-state index is 0.0782. The Labute approximate surface area is 132 Å². The lowest BCUT2D eigenvalue weighted by Crippen LogP contribution is -2.39. The first kappa shape index (κ1) is 16.7. The minimum Gasteiger partial charge on any atom is -0.398 e. The van der Waals surface area contributed by atoms with E-state index >= 15 is 0 Å². The molecule has 8 heteroatoms. The van der Waals surface area contributed by atoms with E-state index in [0.717, 1.165) is 32.0 Å². The molecule has 1 unspecified atom stereocenters. The van der Waals surface area contributed by atoms with E-state index in [1.165, 1.54) is 6.07 Å². The third kappa shape index (κ3) is 4.15. The van der Waals surface area contributed by atoms with E-state index in [9.17, 15) is 12.8 Å². The number of nitrogen functional groups attached to an aromatic ring is 1. The van der Waals surface area contributed by atoms with Crippen LogP contribution in [0.3, 0.4) is 0 Å². The van der Waals surface area contributed by atoms with E-state index in [2.05, 4.69) is 25.6 Å². The molecule has 0 spiro atoms. The molecule has 1 aliphatic heterocycles. The standard InChI is InChI=1S/C13H19BrFN3O2S/c1-18-4-2-3-9(8-18)7-17-21(19,20)13-5-10(14)11(15)6-12(13)16/h5-6,9,17H,2-4,7-8,16H2,1H3. The second-order valence-electron chi connectivity index (χ2n) is 5.43. The molecule has 5 nitrogen and oxygen atoms in total. The minimum atomic E-state index is -3.74. The Morgan fingerprint density at radius 2 is 2.24 bits per heavy atom. The Morgan fingerprint density at radius 3 is 2.90 bits per heavy atom. The summed E-state index contributed by atoms with van der Waals surface area (Å²) in [5.74, 6) is -0.302. The fourth-order valence-corrected chi connectivity index (χ4v) is 4.27. The molecular formula is C13H19BrFN3O2S. The average molecular weight is 380 g/mol. The van der Waals surface area contributed by atoms with Crippen LogP contribution in [0, 0.1) is 11.7 Å². The molecule has 0 radical (unpaired) electrons. The van der Waals surface area contributed by atoms with Gasteiger partial charge in [0.1, 0.15) is 10.7 Å². The summed E-state index contributed by atoms with van der Waals surface area (Å²) in [6, 6.07) is 2.20. The fourth-order valence-electron chi connectivity index (χ4n) is 2.52. The molecule has 118 valence electrons. The number of hydrogen-bond acceptors (Lipinski definition) is 4. The van der Waals surface area contributed by atoms with Crippen LogP contribution < -0.4 is 10.5 Å². The smallest absolute Gasteiger partial charge is 0.242 e. The lowest BCUT2D eigenvalue weighted by molar-refractivity contribution is 0.211. The maximum Gasteiger partial charge on any atom is 0.242 e. The van der Waals surface area contributed by atoms with Crippen LogP contribution in [0.4, 0.5) is 10.1 Å². The highest BCUT2D eigenvalue weighted by Gasteiger charge is 2.23. The molecule has 0 amide bonds. The van der Waals surface area contributed by atoms with Crippen molar-refractivity contribution >= 4 is 31.6 Å². The van der Waals surface area contributed by atoms with Crippen LogP contribution in [0.5, 0.6) is 0 Å². The topological polar surface area (TPSA) is 75.4 Å². The van der Waals surface area contributed by atoms with Crippen LogP contribution in [0.2, 0.25) is 0 Å². The van der Waals surface area contributed by atoms with Gasteiger partial charge < -0.3 is 10.6 Å². The van der Waals surface area contributed by atoms with E-state index in [1.54, 1.807) is 0 Å². The van der Waals surface area contributed by atoms with Gasteiger partial charge in [0.05, 0.1) is 10.2 Å². The Hall–Kier alpha value is -0.700. The van der Waals surface area contributed by atoms with Gasteiger partial charge in [0, 0.05) is 13.1 Å². The molecule has 1 fully saturated rings. The van der Waals surface area contributed by atoms with E-state index in [1.807, 2.05) is 7.05 Å². The largest absolute Gasteiger partial charge is 0.398 e. The molecule has 1 aromatic rings. The number of nitrogens with two attached hydrogens (primary N) is 1. The summed E-state index contributed by atoms with van der Waals surface area (Å²) in [5, 5.41) is 0. The summed E-state index contributed by atoms with van der Waals surface area (Å²) >= 11 is 2.98. The predicted molar refractivity (Wildman–Crippen MR) is 83.9 cm³/mol. The number of nitrogens with zero attached hydrogens (tertiary/aromatic N) is 1. The van der Waals surface area contributed by atoms with E-state index in [-0.39, 0.29) is 21.0 Å². The number of hydrogen-bond donors (Lipinski definition) is 2. The van der Waals surface area contributed by atoms with Crippen molar-refractivity contribution in [1.29, 1.82) is 0 Å². The van der Waals surface area contributed by atoms with Crippen LogP contribution in [0.25, 0.3) is 0 Å². The van der Waals surface area contributed by atoms with Gasteiger partial charge >= 0.3 is 0 Å². The normalized spacial score (nSPS) is 20.6. The van der Waals surface area contributed by atoms with Gasteiger partial charge in [-0.25, -0.2) is 17.5 Å². The van der Waals surface area contributed by atoms with Crippen molar-refractivity contribution in [2.24, 2.45) is 5.92 Å². The van der Waals surface area contributed by atoms with Crippen LogP contribution in [0.15, 0.2) is 21.5 Å². The highest BCUT2D eigenvalue weighted by molar-refractivity contribution is 9.10. The maximum atomic E-state index is 13.3. The van der Waals surface area contributed by atoms with Gasteiger partial charge in [-0.15, -0.1) is 0 Å². The van der Waals surface area contributed by atoms with Crippen molar-refractivity contribution in [1.82, 2.24) is 9.62 Å². The van der Waals surface area contributed by atoms with Crippen molar-refractivity contribution in [2.45, 2.75) is 17.7 Å². The third-order valence-corrected chi connectivity index (χ3v) is 5.71. The summed E-state index contributed by atoms with van der Waals surface area (Å²) in [4.78, 5) is 2.09. The monoisotopic (exact) mass is 379 g/mol. The summed E-state index contributed by atoms with van der Waals surface area (Å²) in [7, 11) is -1.71. The Bertz CT molecular complexity index is 624. The molecule has 21 heavy (non-hydrogen) atoms. The van der Waals surface area contributed by atoms with Crippen LogP contribution in [0.1, 0.15) is 12.8 Å². The van der Waals surface area contributed by atoms with Crippen LogP contribution >= 0.6 is 15.9 Å².